The lowest BCUT2D eigenvalue weighted by atomic mass is 10.0. The maximum Gasteiger partial charge on any atom is 0.344 e. The van der Waals surface area contributed by atoms with Crippen LogP contribution in [-0.4, -0.2) is 19.0 Å². The van der Waals surface area contributed by atoms with Crippen LogP contribution in [0, 0.1) is 14.9 Å². The van der Waals surface area contributed by atoms with Gasteiger partial charge in [-0.25, -0.2) is 4.79 Å². The standard InChI is InChI=1S/C28H19IN2O4/c1-34-26-15-18(14-20(17-30)27(32)31-22-9-5-8-21(29)16-22)12-13-25(26)35-28(33)24-11-4-7-19-6-2-3-10-23(19)24/h2-16H,1H3,(H,31,32)/b20-14+. The zero-order valence-corrected chi connectivity index (χ0v) is 20.8. The number of fused-ring (bicyclic) bond motifs is 1. The summed E-state index contributed by atoms with van der Waals surface area (Å²) in [6, 6.07) is 27.0. The van der Waals surface area contributed by atoms with Gasteiger partial charge >= 0.3 is 5.97 Å². The molecule has 0 saturated carbocycles. The van der Waals surface area contributed by atoms with Crippen molar-refractivity contribution >= 4 is 57.0 Å². The van der Waals surface area contributed by atoms with Crippen molar-refractivity contribution in [3.8, 4) is 17.6 Å². The smallest absolute Gasteiger partial charge is 0.344 e. The Bertz CT molecular complexity index is 1500. The van der Waals surface area contributed by atoms with Crippen molar-refractivity contribution in [1.29, 1.82) is 5.26 Å². The van der Waals surface area contributed by atoms with Crippen molar-refractivity contribution in [2.75, 3.05) is 12.4 Å². The molecule has 1 amide bonds. The predicted octanol–water partition coefficient (Wildman–Crippen LogP) is 6.22. The molecule has 4 rings (SSSR count). The highest BCUT2D eigenvalue weighted by atomic mass is 127. The molecule has 4 aromatic carbocycles. The van der Waals surface area contributed by atoms with Crippen LogP contribution in [0.1, 0.15) is 15.9 Å². The first-order valence-electron chi connectivity index (χ1n) is 10.5. The average Bonchev–Trinajstić information content (AvgIpc) is 2.87. The lowest BCUT2D eigenvalue weighted by molar-refractivity contribution is -0.112. The summed E-state index contributed by atoms with van der Waals surface area (Å²) in [6.07, 6.45) is 1.45. The zero-order valence-electron chi connectivity index (χ0n) is 18.6. The Labute approximate surface area is 215 Å². The second-order valence-electron chi connectivity index (χ2n) is 7.46. The van der Waals surface area contributed by atoms with Gasteiger partial charge < -0.3 is 14.8 Å². The number of nitrogens with zero attached hydrogens (tertiary/aromatic N) is 1. The number of nitriles is 1. The summed E-state index contributed by atoms with van der Waals surface area (Å²) in [5, 5.41) is 14.0. The van der Waals surface area contributed by atoms with Crippen molar-refractivity contribution in [2.45, 2.75) is 0 Å². The van der Waals surface area contributed by atoms with Crippen LogP contribution in [-0.2, 0) is 4.79 Å². The predicted molar refractivity (Wildman–Crippen MR) is 143 cm³/mol. The molecule has 35 heavy (non-hydrogen) atoms. The summed E-state index contributed by atoms with van der Waals surface area (Å²) in [4.78, 5) is 25.5. The third kappa shape index (κ3) is 5.67. The van der Waals surface area contributed by atoms with Gasteiger partial charge in [0.2, 0.25) is 0 Å². The van der Waals surface area contributed by atoms with Crippen LogP contribution in [0.2, 0.25) is 0 Å². The molecule has 0 heterocycles. The van der Waals surface area contributed by atoms with Gasteiger partial charge in [0, 0.05) is 9.26 Å². The molecule has 0 unspecified atom stereocenters. The van der Waals surface area contributed by atoms with Gasteiger partial charge in [-0.3, -0.25) is 4.79 Å². The Morgan fingerprint density at radius 1 is 0.943 bits per heavy atom. The molecule has 0 aliphatic heterocycles. The molecule has 0 fully saturated rings. The minimum Gasteiger partial charge on any atom is -0.493 e. The fraction of sp³-hybridized carbons (Fsp3) is 0.0357. The van der Waals surface area contributed by atoms with Gasteiger partial charge in [0.15, 0.2) is 11.5 Å². The van der Waals surface area contributed by atoms with Gasteiger partial charge in [-0.05, 0) is 81.4 Å². The third-order valence-electron chi connectivity index (χ3n) is 5.16. The van der Waals surface area contributed by atoms with E-state index in [0.717, 1.165) is 14.3 Å². The molecule has 7 heteroatoms. The van der Waals surface area contributed by atoms with Gasteiger partial charge in [-0.2, -0.15) is 5.26 Å². The van der Waals surface area contributed by atoms with E-state index in [4.69, 9.17) is 9.47 Å². The highest BCUT2D eigenvalue weighted by Gasteiger charge is 2.16. The maximum atomic E-state index is 12.9. The number of nitrogens with one attached hydrogen (secondary N) is 1. The number of hydrogen-bond acceptors (Lipinski definition) is 5. The number of benzene rings is 4. The SMILES string of the molecule is COc1cc(/C=C(\C#N)C(=O)Nc2cccc(I)c2)ccc1OC(=O)c1cccc2ccccc12. The van der Waals surface area contributed by atoms with E-state index in [1.807, 2.05) is 48.5 Å². The van der Waals surface area contributed by atoms with Crippen LogP contribution in [0.15, 0.2) is 90.5 Å². The van der Waals surface area contributed by atoms with Gasteiger partial charge in [0.1, 0.15) is 11.6 Å². The second kappa shape index (κ2) is 10.8. The molecule has 0 aliphatic rings. The molecule has 1 N–H and O–H groups in total. The Morgan fingerprint density at radius 3 is 2.49 bits per heavy atom. The number of carbonyl (C=O) groups is 2. The largest absolute Gasteiger partial charge is 0.493 e. The molecule has 0 spiro atoms. The molecule has 0 radical (unpaired) electrons. The van der Waals surface area contributed by atoms with Crippen molar-refractivity contribution in [3.63, 3.8) is 0 Å². The molecule has 6 nitrogen and oxygen atoms in total. The van der Waals surface area contributed by atoms with E-state index in [0.29, 0.717) is 22.6 Å². The number of rotatable bonds is 6. The Morgan fingerprint density at radius 2 is 1.71 bits per heavy atom. The summed E-state index contributed by atoms with van der Waals surface area (Å²) < 4.78 is 12.0. The maximum absolute atomic E-state index is 12.9. The number of esters is 1. The van der Waals surface area contributed by atoms with Crippen LogP contribution in [0.4, 0.5) is 5.69 Å². The van der Waals surface area contributed by atoms with Crippen LogP contribution >= 0.6 is 22.6 Å². The summed E-state index contributed by atoms with van der Waals surface area (Å²) in [5.74, 6) is -0.523. The number of carbonyl (C=O) groups excluding carboxylic acids is 2. The fourth-order valence-electron chi connectivity index (χ4n) is 3.50. The van der Waals surface area contributed by atoms with Crippen molar-refractivity contribution in [3.05, 3.63) is 105 Å². The number of hydrogen-bond donors (Lipinski definition) is 1. The van der Waals surface area contributed by atoms with Gasteiger partial charge in [-0.1, -0.05) is 48.5 Å². The Balaban J connectivity index is 1.56. The molecule has 172 valence electrons. The van der Waals surface area contributed by atoms with Crippen molar-refractivity contribution in [1.82, 2.24) is 0 Å². The Kier molecular flexibility index (Phi) is 7.43. The molecular weight excluding hydrogens is 555 g/mol. The van der Waals surface area contributed by atoms with E-state index in [1.165, 1.54) is 13.2 Å². The van der Waals surface area contributed by atoms with E-state index in [2.05, 4.69) is 27.9 Å². The third-order valence-corrected chi connectivity index (χ3v) is 5.83. The molecule has 0 atom stereocenters. The van der Waals surface area contributed by atoms with Gasteiger partial charge in [0.05, 0.1) is 12.7 Å². The number of ether oxygens (including phenoxy) is 2. The van der Waals surface area contributed by atoms with Crippen molar-refractivity contribution in [2.24, 2.45) is 0 Å². The lowest BCUT2D eigenvalue weighted by Crippen LogP contribution is -2.13. The monoisotopic (exact) mass is 574 g/mol. The zero-order chi connectivity index (χ0) is 24.8. The fourth-order valence-corrected chi connectivity index (χ4v) is 4.04. The molecule has 4 aromatic rings. The van der Waals surface area contributed by atoms with Gasteiger partial charge in [-0.15, -0.1) is 0 Å². The molecule has 0 aliphatic carbocycles. The van der Waals surface area contributed by atoms with E-state index < -0.39 is 11.9 Å². The highest BCUT2D eigenvalue weighted by molar-refractivity contribution is 14.1. The quantitative estimate of drug-likeness (QED) is 0.0972. The minimum absolute atomic E-state index is 0.0774. The normalized spacial score (nSPS) is 10.9. The summed E-state index contributed by atoms with van der Waals surface area (Å²) in [7, 11) is 1.45. The van der Waals surface area contributed by atoms with E-state index in [-0.39, 0.29) is 11.3 Å². The van der Waals surface area contributed by atoms with E-state index in [9.17, 15) is 14.9 Å². The van der Waals surface area contributed by atoms with Gasteiger partial charge in [0.25, 0.3) is 5.91 Å². The van der Waals surface area contributed by atoms with E-state index >= 15 is 0 Å². The highest BCUT2D eigenvalue weighted by Crippen LogP contribution is 2.30. The number of methoxy groups -OCH3 is 1. The van der Waals surface area contributed by atoms with Crippen molar-refractivity contribution < 1.29 is 19.1 Å². The van der Waals surface area contributed by atoms with E-state index in [1.54, 1.807) is 42.5 Å². The van der Waals surface area contributed by atoms with Crippen LogP contribution in [0.25, 0.3) is 16.8 Å². The topological polar surface area (TPSA) is 88.4 Å². The molecule has 0 bridgehead atoms. The molecular formula is C28H19IN2O4. The van der Waals surface area contributed by atoms with Crippen LogP contribution in [0.5, 0.6) is 11.5 Å². The summed E-state index contributed by atoms with van der Waals surface area (Å²) >= 11 is 2.14. The first-order chi connectivity index (χ1) is 17.0. The average molecular weight is 574 g/mol. The first kappa shape index (κ1) is 24.0. The molecule has 0 aromatic heterocycles. The number of halogens is 1. The lowest BCUT2D eigenvalue weighted by Gasteiger charge is -2.11. The second-order valence-corrected chi connectivity index (χ2v) is 8.71. The summed E-state index contributed by atoms with van der Waals surface area (Å²) in [6.45, 7) is 0. The molecule has 0 saturated heterocycles. The first-order valence-corrected chi connectivity index (χ1v) is 11.6. The number of anilines is 1. The summed E-state index contributed by atoms with van der Waals surface area (Å²) in [5.41, 5.74) is 1.50. The van der Waals surface area contributed by atoms with Crippen LogP contribution in [0.3, 0.4) is 0 Å². The van der Waals surface area contributed by atoms with Crippen LogP contribution < -0.4 is 14.8 Å². The number of amides is 1. The minimum atomic E-state index is -0.528. The Hall–Kier alpha value is -4.16.